The maximum absolute atomic E-state index is 14.2. The van der Waals surface area contributed by atoms with Crippen LogP contribution in [0, 0.1) is 5.41 Å². The zero-order valence-corrected chi connectivity index (χ0v) is 20.0. The molecule has 0 N–H and O–H groups in total. The van der Waals surface area contributed by atoms with Gasteiger partial charge in [-0.3, -0.25) is 9.59 Å². The van der Waals surface area contributed by atoms with Crippen LogP contribution in [0.5, 0.6) is 0 Å². The van der Waals surface area contributed by atoms with Crippen molar-refractivity contribution in [1.29, 1.82) is 0 Å². The normalized spacial score (nSPS) is 41.0. The third-order valence-electron chi connectivity index (χ3n) is 7.75. The lowest BCUT2D eigenvalue weighted by atomic mass is 9.71. The number of amides is 2. The van der Waals surface area contributed by atoms with Crippen molar-refractivity contribution >= 4 is 11.8 Å². The van der Waals surface area contributed by atoms with Gasteiger partial charge in [-0.2, -0.15) is 0 Å². The van der Waals surface area contributed by atoms with Gasteiger partial charge in [-0.15, -0.1) is 0 Å². The lowest BCUT2D eigenvalue weighted by Crippen LogP contribution is -2.59. The Kier molecular flexibility index (Phi) is 5.21. The van der Waals surface area contributed by atoms with Gasteiger partial charge in [0.1, 0.15) is 27.8 Å². The molecule has 4 heterocycles. The summed E-state index contributed by atoms with van der Waals surface area (Å²) in [5.41, 5.74) is -2.28. The Labute approximate surface area is 190 Å². The van der Waals surface area contributed by atoms with E-state index in [0.29, 0.717) is 65.4 Å². The second-order valence-electron chi connectivity index (χ2n) is 11.9. The van der Waals surface area contributed by atoms with Gasteiger partial charge in [0, 0.05) is 0 Å². The standard InChI is InChI=1S/C24H38N2O6/c1-20(14-29-20)10-25(11-21(2)15-30-21)18(27)24(8-6-5-7-9-24)19(28)26(12-22(3)16-31-22)13-23(4)17-32-23/h5-17H2,1-4H3. The van der Waals surface area contributed by atoms with Crippen LogP contribution in [0.3, 0.4) is 0 Å². The molecule has 0 aromatic heterocycles. The lowest BCUT2D eigenvalue weighted by Gasteiger charge is -2.43. The van der Waals surface area contributed by atoms with E-state index < -0.39 is 5.41 Å². The average molecular weight is 451 g/mol. The number of carbonyl (C=O) groups is 2. The summed E-state index contributed by atoms with van der Waals surface area (Å²) in [6, 6.07) is 0. The molecule has 4 atom stereocenters. The molecule has 4 aliphatic heterocycles. The van der Waals surface area contributed by atoms with E-state index in [-0.39, 0.29) is 34.2 Å². The summed E-state index contributed by atoms with van der Waals surface area (Å²) in [7, 11) is 0. The van der Waals surface area contributed by atoms with E-state index in [1.54, 1.807) is 0 Å². The highest BCUT2D eigenvalue weighted by Gasteiger charge is 2.57. The van der Waals surface area contributed by atoms with Crippen molar-refractivity contribution in [2.75, 3.05) is 52.6 Å². The number of carbonyl (C=O) groups excluding carboxylic acids is 2. The van der Waals surface area contributed by atoms with E-state index in [9.17, 15) is 9.59 Å². The first kappa shape index (κ1) is 22.6. The molecule has 8 nitrogen and oxygen atoms in total. The smallest absolute Gasteiger partial charge is 0.238 e. The van der Waals surface area contributed by atoms with E-state index in [1.165, 1.54) is 0 Å². The van der Waals surface area contributed by atoms with Crippen LogP contribution in [0.4, 0.5) is 0 Å². The predicted molar refractivity (Wildman–Crippen MR) is 116 cm³/mol. The van der Waals surface area contributed by atoms with Crippen LogP contribution in [0.1, 0.15) is 59.8 Å². The minimum Gasteiger partial charge on any atom is -0.368 e. The number of hydrogen-bond donors (Lipinski definition) is 0. The summed E-state index contributed by atoms with van der Waals surface area (Å²) in [5, 5.41) is 0. The van der Waals surface area contributed by atoms with Gasteiger partial charge in [-0.25, -0.2) is 0 Å². The van der Waals surface area contributed by atoms with Crippen molar-refractivity contribution in [3.8, 4) is 0 Å². The third-order valence-corrected chi connectivity index (χ3v) is 7.75. The van der Waals surface area contributed by atoms with Crippen LogP contribution in [-0.2, 0) is 28.5 Å². The zero-order valence-electron chi connectivity index (χ0n) is 20.0. The average Bonchev–Trinajstić information content (AvgIpc) is 3.58. The van der Waals surface area contributed by atoms with Gasteiger partial charge in [-0.05, 0) is 40.5 Å². The molecule has 4 saturated heterocycles. The first-order valence-electron chi connectivity index (χ1n) is 12.1. The molecule has 5 rings (SSSR count). The molecule has 5 fully saturated rings. The zero-order chi connectivity index (χ0) is 22.8. The van der Waals surface area contributed by atoms with Gasteiger partial charge in [0.2, 0.25) is 11.8 Å². The Hall–Kier alpha value is -1.22. The molecule has 0 aromatic rings. The SMILES string of the molecule is CC1(CN(CC2(C)CO2)C(=O)C2(C(=O)N(CC3(C)CO3)CC3(C)CO3)CCCCC2)CO1. The molecule has 2 amide bonds. The van der Waals surface area contributed by atoms with Gasteiger partial charge < -0.3 is 28.7 Å². The largest absolute Gasteiger partial charge is 0.368 e. The molecule has 5 aliphatic rings. The second-order valence-corrected chi connectivity index (χ2v) is 11.9. The van der Waals surface area contributed by atoms with E-state index in [0.717, 1.165) is 19.3 Å². The van der Waals surface area contributed by atoms with E-state index >= 15 is 0 Å². The summed E-state index contributed by atoms with van der Waals surface area (Å²) < 4.78 is 22.5. The molecule has 8 heteroatoms. The van der Waals surface area contributed by atoms with Crippen LogP contribution in [0.25, 0.3) is 0 Å². The highest BCUT2D eigenvalue weighted by atomic mass is 16.6. The molecule has 4 unspecified atom stereocenters. The summed E-state index contributed by atoms with van der Waals surface area (Å²) in [6.45, 7) is 12.7. The summed E-state index contributed by atoms with van der Waals surface area (Å²) in [5.74, 6) is -0.103. The van der Waals surface area contributed by atoms with Gasteiger partial charge in [-0.1, -0.05) is 19.3 Å². The fraction of sp³-hybridized carbons (Fsp3) is 0.917. The molecule has 32 heavy (non-hydrogen) atoms. The summed E-state index contributed by atoms with van der Waals surface area (Å²) in [6.07, 6.45) is 4.04. The molecular formula is C24H38N2O6. The minimum absolute atomic E-state index is 0.0515. The minimum atomic E-state index is -1.02. The van der Waals surface area contributed by atoms with Crippen LogP contribution in [0.2, 0.25) is 0 Å². The fourth-order valence-corrected chi connectivity index (χ4v) is 5.15. The Morgan fingerprint density at radius 3 is 1.12 bits per heavy atom. The Balaban J connectivity index is 1.42. The molecule has 0 aromatic carbocycles. The highest BCUT2D eigenvalue weighted by molar-refractivity contribution is 6.05. The van der Waals surface area contributed by atoms with Crippen LogP contribution < -0.4 is 0 Å². The maximum atomic E-state index is 14.2. The molecule has 1 saturated carbocycles. The topological polar surface area (TPSA) is 90.7 Å². The van der Waals surface area contributed by atoms with Crippen molar-refractivity contribution in [2.45, 2.75) is 82.2 Å². The van der Waals surface area contributed by atoms with Gasteiger partial charge in [0.25, 0.3) is 0 Å². The molecule has 1 aliphatic carbocycles. The summed E-state index contributed by atoms with van der Waals surface area (Å²) in [4.78, 5) is 32.2. The number of nitrogens with zero attached hydrogens (tertiary/aromatic N) is 2. The fourth-order valence-electron chi connectivity index (χ4n) is 5.15. The molecular weight excluding hydrogens is 412 g/mol. The third kappa shape index (κ3) is 4.69. The number of rotatable bonds is 10. The van der Waals surface area contributed by atoms with Gasteiger partial charge in [0.05, 0.1) is 52.6 Å². The van der Waals surface area contributed by atoms with E-state index in [4.69, 9.17) is 18.9 Å². The summed E-state index contributed by atoms with van der Waals surface area (Å²) >= 11 is 0. The number of ether oxygens (including phenoxy) is 4. The maximum Gasteiger partial charge on any atom is 0.238 e. The van der Waals surface area contributed by atoms with Crippen LogP contribution in [-0.4, -0.2) is 96.6 Å². The predicted octanol–water partition coefficient (Wildman–Crippen LogP) is 1.75. The lowest BCUT2D eigenvalue weighted by molar-refractivity contribution is -0.161. The van der Waals surface area contributed by atoms with Crippen molar-refractivity contribution < 1.29 is 28.5 Å². The molecule has 0 spiro atoms. The highest BCUT2D eigenvalue weighted by Crippen LogP contribution is 2.44. The van der Waals surface area contributed by atoms with E-state index in [1.807, 2.05) is 37.5 Å². The Morgan fingerprint density at radius 1 is 0.594 bits per heavy atom. The van der Waals surface area contributed by atoms with Crippen molar-refractivity contribution in [2.24, 2.45) is 5.41 Å². The van der Waals surface area contributed by atoms with Crippen LogP contribution in [0.15, 0.2) is 0 Å². The molecule has 180 valence electrons. The number of epoxide rings is 4. The van der Waals surface area contributed by atoms with Crippen molar-refractivity contribution in [3.05, 3.63) is 0 Å². The van der Waals surface area contributed by atoms with Crippen molar-refractivity contribution in [1.82, 2.24) is 9.80 Å². The Bertz CT molecular complexity index is 677. The van der Waals surface area contributed by atoms with Crippen molar-refractivity contribution in [3.63, 3.8) is 0 Å². The monoisotopic (exact) mass is 450 g/mol. The first-order chi connectivity index (χ1) is 15.0. The van der Waals surface area contributed by atoms with Gasteiger partial charge >= 0.3 is 0 Å². The van der Waals surface area contributed by atoms with E-state index in [2.05, 4.69) is 0 Å². The van der Waals surface area contributed by atoms with Gasteiger partial charge in [0.15, 0.2) is 0 Å². The number of hydrogen-bond acceptors (Lipinski definition) is 6. The first-order valence-corrected chi connectivity index (χ1v) is 12.1. The van der Waals surface area contributed by atoms with Crippen LogP contribution >= 0.6 is 0 Å². The molecule has 0 radical (unpaired) electrons. The quantitative estimate of drug-likeness (QED) is 0.372. The Morgan fingerprint density at radius 2 is 0.875 bits per heavy atom. The second kappa shape index (κ2) is 7.39. The molecule has 0 bridgehead atoms.